The van der Waals surface area contributed by atoms with Crippen LogP contribution in [0.5, 0.6) is 5.75 Å². The van der Waals surface area contributed by atoms with Crippen molar-refractivity contribution in [3.8, 4) is 17.1 Å². The van der Waals surface area contributed by atoms with E-state index < -0.39 is 17.8 Å². The van der Waals surface area contributed by atoms with E-state index in [0.717, 1.165) is 6.42 Å². The molecule has 8 nitrogen and oxygen atoms in total. The fourth-order valence-electron chi connectivity index (χ4n) is 3.16. The van der Waals surface area contributed by atoms with E-state index >= 15 is 0 Å². The van der Waals surface area contributed by atoms with Crippen molar-refractivity contribution >= 4 is 17.6 Å². The summed E-state index contributed by atoms with van der Waals surface area (Å²) in [6.07, 6.45) is 2.17. The topological polar surface area (TPSA) is 121 Å². The van der Waals surface area contributed by atoms with Gasteiger partial charge in [-0.05, 0) is 43.9 Å². The zero-order chi connectivity index (χ0) is 22.3. The van der Waals surface area contributed by atoms with Crippen molar-refractivity contribution in [1.82, 2.24) is 9.97 Å². The van der Waals surface area contributed by atoms with Crippen LogP contribution in [-0.2, 0) is 22.4 Å². The summed E-state index contributed by atoms with van der Waals surface area (Å²) < 4.78 is 5.81. The molecule has 1 unspecified atom stereocenters. The first-order valence-corrected chi connectivity index (χ1v) is 10.3. The molecule has 1 aromatic heterocycles. The highest BCUT2D eigenvalue weighted by Gasteiger charge is 2.24. The van der Waals surface area contributed by atoms with E-state index in [4.69, 9.17) is 4.74 Å². The molecule has 0 aliphatic rings. The molecule has 1 aromatic carbocycles. The van der Waals surface area contributed by atoms with E-state index in [1.165, 1.54) is 0 Å². The second kappa shape index (κ2) is 10.6. The summed E-state index contributed by atoms with van der Waals surface area (Å²) in [7, 11) is 0. The molecule has 0 saturated carbocycles. The van der Waals surface area contributed by atoms with Gasteiger partial charge >= 0.3 is 5.97 Å². The zero-order valence-electron chi connectivity index (χ0n) is 17.9. The Morgan fingerprint density at radius 2 is 1.93 bits per heavy atom. The number of carboxylic acid groups (broad SMARTS) is 1. The van der Waals surface area contributed by atoms with Crippen molar-refractivity contribution < 1.29 is 19.4 Å². The molecular formula is C22H29N3O5. The maximum Gasteiger partial charge on any atom is 0.316 e. The second-order valence-corrected chi connectivity index (χ2v) is 6.89. The van der Waals surface area contributed by atoms with E-state index in [2.05, 4.69) is 15.3 Å². The van der Waals surface area contributed by atoms with Gasteiger partial charge in [0.15, 0.2) is 0 Å². The highest BCUT2D eigenvalue weighted by molar-refractivity contribution is 6.04. The number of hydrogen-bond acceptors (Lipinski definition) is 5. The fourth-order valence-corrected chi connectivity index (χ4v) is 3.16. The molecular weight excluding hydrogens is 386 g/mol. The number of amides is 1. The van der Waals surface area contributed by atoms with Gasteiger partial charge in [-0.15, -0.1) is 0 Å². The van der Waals surface area contributed by atoms with Crippen LogP contribution in [0.4, 0.5) is 5.69 Å². The molecule has 1 atom stereocenters. The van der Waals surface area contributed by atoms with Gasteiger partial charge in [-0.1, -0.05) is 27.7 Å². The molecule has 162 valence electrons. The predicted molar refractivity (Wildman–Crippen MR) is 115 cm³/mol. The quantitative estimate of drug-likeness (QED) is 0.511. The van der Waals surface area contributed by atoms with E-state index in [-0.39, 0.29) is 12.0 Å². The van der Waals surface area contributed by atoms with E-state index in [0.29, 0.717) is 53.5 Å². The van der Waals surface area contributed by atoms with Gasteiger partial charge in [0.25, 0.3) is 5.56 Å². The first-order chi connectivity index (χ1) is 14.4. The van der Waals surface area contributed by atoms with Crippen molar-refractivity contribution in [2.45, 2.75) is 53.4 Å². The second-order valence-electron chi connectivity index (χ2n) is 6.89. The minimum Gasteiger partial charge on any atom is -0.493 e. The Kier molecular flexibility index (Phi) is 8.15. The smallest absolute Gasteiger partial charge is 0.316 e. The summed E-state index contributed by atoms with van der Waals surface area (Å²) in [5.74, 6) is -2.05. The largest absolute Gasteiger partial charge is 0.493 e. The number of rotatable bonds is 10. The lowest BCUT2D eigenvalue weighted by Crippen LogP contribution is -2.28. The molecule has 30 heavy (non-hydrogen) atoms. The third kappa shape index (κ3) is 5.25. The predicted octanol–water partition coefficient (Wildman–Crippen LogP) is 3.40. The van der Waals surface area contributed by atoms with Gasteiger partial charge in [0, 0.05) is 11.3 Å². The summed E-state index contributed by atoms with van der Waals surface area (Å²) in [4.78, 5) is 43.6. The van der Waals surface area contributed by atoms with Crippen LogP contribution < -0.4 is 15.6 Å². The number of anilines is 1. The Hall–Kier alpha value is -3.16. The Bertz CT molecular complexity index is 968. The standard InChI is InChI=1S/C22H29N3O5/c1-5-11-30-18-10-9-13(23-21(27)15(7-3)22(28)29)12-16(18)19-24-17(8-4)14(6-2)20(26)25-19/h9-10,12,15H,5-8,11H2,1-4H3,(H,23,27)(H,28,29)(H,24,25,26). The Balaban J connectivity index is 2.52. The minimum absolute atomic E-state index is 0.179. The minimum atomic E-state index is -1.17. The highest BCUT2D eigenvalue weighted by atomic mass is 16.5. The molecule has 8 heteroatoms. The SMILES string of the molecule is CCCOc1ccc(NC(=O)C(CC)C(=O)O)cc1-c1nc(CC)c(CC)c(=O)[nH]1. The number of ether oxygens (including phenoxy) is 1. The maximum absolute atomic E-state index is 12.5. The third-order valence-electron chi connectivity index (χ3n) is 4.78. The van der Waals surface area contributed by atoms with Crippen molar-refractivity contribution in [3.05, 3.63) is 39.8 Å². The average Bonchev–Trinajstić information content (AvgIpc) is 2.72. The normalized spacial score (nSPS) is 11.7. The van der Waals surface area contributed by atoms with Crippen LogP contribution in [0.2, 0.25) is 0 Å². The molecule has 0 radical (unpaired) electrons. The molecule has 0 spiro atoms. The molecule has 0 saturated heterocycles. The number of benzene rings is 1. The number of aliphatic carboxylic acids is 1. The van der Waals surface area contributed by atoms with Gasteiger partial charge < -0.3 is 20.1 Å². The summed E-state index contributed by atoms with van der Waals surface area (Å²) in [5, 5.41) is 11.8. The number of carbonyl (C=O) groups excluding carboxylic acids is 1. The first kappa shape index (κ1) is 23.1. The van der Waals surface area contributed by atoms with Crippen LogP contribution in [0.15, 0.2) is 23.0 Å². The van der Waals surface area contributed by atoms with Gasteiger partial charge in [0.05, 0.1) is 17.9 Å². The van der Waals surface area contributed by atoms with E-state index in [9.17, 15) is 19.5 Å². The molecule has 1 amide bonds. The van der Waals surface area contributed by atoms with Crippen molar-refractivity contribution in [1.29, 1.82) is 0 Å². The number of hydrogen-bond donors (Lipinski definition) is 3. The molecule has 2 aromatic rings. The zero-order valence-corrected chi connectivity index (χ0v) is 17.9. The van der Waals surface area contributed by atoms with Crippen molar-refractivity contribution in [3.63, 3.8) is 0 Å². The van der Waals surface area contributed by atoms with Crippen LogP contribution in [0.3, 0.4) is 0 Å². The molecule has 0 aliphatic heterocycles. The summed E-state index contributed by atoms with van der Waals surface area (Å²) in [6, 6.07) is 4.96. The van der Waals surface area contributed by atoms with E-state index in [1.807, 2.05) is 20.8 Å². The number of carbonyl (C=O) groups is 2. The average molecular weight is 415 g/mol. The van der Waals surface area contributed by atoms with E-state index in [1.54, 1.807) is 25.1 Å². The van der Waals surface area contributed by atoms with Gasteiger partial charge in [0.1, 0.15) is 17.5 Å². The number of H-pyrrole nitrogens is 1. The fraction of sp³-hybridized carbons (Fsp3) is 0.455. The molecule has 2 rings (SSSR count). The highest BCUT2D eigenvalue weighted by Crippen LogP contribution is 2.31. The first-order valence-electron chi connectivity index (χ1n) is 10.3. The molecule has 0 bridgehead atoms. The molecule has 0 aliphatic carbocycles. The number of nitrogens with zero attached hydrogens (tertiary/aromatic N) is 1. The van der Waals surface area contributed by atoms with Gasteiger partial charge in [-0.3, -0.25) is 14.4 Å². The molecule has 3 N–H and O–H groups in total. The van der Waals surface area contributed by atoms with Crippen LogP contribution in [0, 0.1) is 5.92 Å². The Labute approximate surface area is 175 Å². The van der Waals surface area contributed by atoms with Crippen molar-refractivity contribution in [2.75, 3.05) is 11.9 Å². The molecule has 0 fully saturated rings. The van der Waals surface area contributed by atoms with Crippen molar-refractivity contribution in [2.24, 2.45) is 5.92 Å². The van der Waals surface area contributed by atoms with Gasteiger partial charge in [-0.2, -0.15) is 0 Å². The van der Waals surface area contributed by atoms with Crippen LogP contribution >= 0.6 is 0 Å². The lowest BCUT2D eigenvalue weighted by molar-refractivity contribution is -0.145. The number of aryl methyl sites for hydroxylation is 1. The van der Waals surface area contributed by atoms with Crippen LogP contribution in [-0.4, -0.2) is 33.6 Å². The number of carboxylic acids is 1. The number of aromatic nitrogens is 2. The summed E-state index contributed by atoms with van der Waals surface area (Å²) >= 11 is 0. The lowest BCUT2D eigenvalue weighted by atomic mass is 10.1. The monoisotopic (exact) mass is 415 g/mol. The number of aromatic amines is 1. The van der Waals surface area contributed by atoms with Gasteiger partial charge in [-0.25, -0.2) is 4.98 Å². The van der Waals surface area contributed by atoms with Crippen LogP contribution in [0.1, 0.15) is 51.8 Å². The molecule has 1 heterocycles. The number of nitrogens with one attached hydrogen (secondary N) is 2. The maximum atomic E-state index is 12.5. The van der Waals surface area contributed by atoms with Gasteiger partial charge in [0.2, 0.25) is 5.91 Å². The summed E-state index contributed by atoms with van der Waals surface area (Å²) in [6.45, 7) is 7.95. The Morgan fingerprint density at radius 3 is 2.50 bits per heavy atom. The Morgan fingerprint density at radius 1 is 1.20 bits per heavy atom. The van der Waals surface area contributed by atoms with Crippen LogP contribution in [0.25, 0.3) is 11.4 Å². The summed E-state index contributed by atoms with van der Waals surface area (Å²) in [5.41, 5.74) is 2.09. The third-order valence-corrected chi connectivity index (χ3v) is 4.78. The lowest BCUT2D eigenvalue weighted by Gasteiger charge is -2.15.